The molecule has 0 heterocycles. The van der Waals surface area contributed by atoms with Crippen molar-refractivity contribution >= 4 is 11.8 Å². The highest BCUT2D eigenvalue weighted by molar-refractivity contribution is 5.89. The summed E-state index contributed by atoms with van der Waals surface area (Å²) in [6.45, 7) is 13.7. The van der Waals surface area contributed by atoms with Crippen LogP contribution in [0.5, 0.6) is 0 Å². The maximum atomic E-state index is 12.4. The third-order valence-corrected chi connectivity index (χ3v) is 3.81. The maximum absolute atomic E-state index is 12.4. The van der Waals surface area contributed by atoms with Gasteiger partial charge in [-0.1, -0.05) is 26.0 Å². The number of nitrogens with one attached hydrogen (secondary N) is 2. The summed E-state index contributed by atoms with van der Waals surface area (Å²) in [5.41, 5.74) is 0.933. The van der Waals surface area contributed by atoms with Crippen LogP contribution >= 0.6 is 0 Å². The number of allylic oxidation sites excluding steroid dienone is 1. The molecule has 0 unspecified atom stereocenters. The van der Waals surface area contributed by atoms with E-state index in [0.29, 0.717) is 0 Å². The van der Waals surface area contributed by atoms with E-state index >= 15 is 0 Å². The van der Waals surface area contributed by atoms with Crippen LogP contribution in [0, 0.1) is 11.8 Å². The van der Waals surface area contributed by atoms with Gasteiger partial charge < -0.3 is 10.6 Å². The number of carbonyl (C=O) groups excluding carboxylic acids is 2. The van der Waals surface area contributed by atoms with Gasteiger partial charge in [0, 0.05) is 11.5 Å². The first-order valence-corrected chi connectivity index (χ1v) is 7.89. The fourth-order valence-electron chi connectivity index (χ4n) is 2.54. The summed E-state index contributed by atoms with van der Waals surface area (Å²) in [6.07, 6.45) is 3.52. The van der Waals surface area contributed by atoms with E-state index in [0.717, 1.165) is 25.7 Å². The summed E-state index contributed by atoms with van der Waals surface area (Å²) in [6, 6.07) is -0.471. The smallest absolute Gasteiger partial charge is 0.243 e. The third-order valence-electron chi connectivity index (χ3n) is 3.81. The van der Waals surface area contributed by atoms with Gasteiger partial charge in [-0.25, -0.2) is 0 Å². The summed E-state index contributed by atoms with van der Waals surface area (Å²) < 4.78 is 0. The van der Waals surface area contributed by atoms with Gasteiger partial charge in [0.15, 0.2) is 0 Å². The molecule has 0 spiro atoms. The molecule has 1 atom stereocenters. The first-order chi connectivity index (χ1) is 9.60. The van der Waals surface area contributed by atoms with Crippen molar-refractivity contribution in [2.45, 2.75) is 71.9 Å². The van der Waals surface area contributed by atoms with Crippen molar-refractivity contribution in [1.29, 1.82) is 0 Å². The quantitative estimate of drug-likeness (QED) is 0.783. The number of carbonyl (C=O) groups is 2. The van der Waals surface area contributed by atoms with Crippen molar-refractivity contribution in [1.82, 2.24) is 10.6 Å². The number of hydrogen-bond acceptors (Lipinski definition) is 2. The second kappa shape index (κ2) is 7.10. The molecule has 0 aliphatic heterocycles. The first kappa shape index (κ1) is 17.7. The molecule has 4 nitrogen and oxygen atoms in total. The molecular formula is C17H30N2O2. The van der Waals surface area contributed by atoms with Crippen LogP contribution in [0.15, 0.2) is 12.2 Å². The largest absolute Gasteiger partial charge is 0.350 e. The molecule has 1 saturated carbocycles. The van der Waals surface area contributed by atoms with Crippen LogP contribution in [0.3, 0.4) is 0 Å². The molecule has 0 aromatic heterocycles. The highest BCUT2D eigenvalue weighted by Crippen LogP contribution is 2.27. The van der Waals surface area contributed by atoms with Gasteiger partial charge in [-0.2, -0.15) is 0 Å². The van der Waals surface area contributed by atoms with E-state index in [9.17, 15) is 9.59 Å². The van der Waals surface area contributed by atoms with Crippen molar-refractivity contribution in [3.63, 3.8) is 0 Å². The highest BCUT2D eigenvalue weighted by atomic mass is 16.2. The highest BCUT2D eigenvalue weighted by Gasteiger charge is 2.30. The van der Waals surface area contributed by atoms with Crippen LogP contribution in [-0.4, -0.2) is 23.4 Å². The predicted octanol–water partition coefficient (Wildman–Crippen LogP) is 2.79. The molecule has 2 amide bonds. The fourth-order valence-corrected chi connectivity index (χ4v) is 2.54. The standard InChI is InChI=1S/C17H30N2O2/c1-11(2)14(16(21)19-17(4,5)6)18-15(20)13-9-7-12(3)8-10-13/h11,13-14H,3,7-10H2,1-2,4-6H3,(H,18,20)(H,19,21)/t14-/m0/s1. The van der Waals surface area contributed by atoms with Crippen LogP contribution in [-0.2, 0) is 9.59 Å². The number of amides is 2. The molecule has 2 N–H and O–H groups in total. The molecule has 21 heavy (non-hydrogen) atoms. The van der Waals surface area contributed by atoms with E-state index in [4.69, 9.17) is 0 Å². The molecule has 0 saturated heterocycles. The Bertz CT molecular complexity index is 398. The van der Waals surface area contributed by atoms with Crippen molar-refractivity contribution < 1.29 is 9.59 Å². The molecule has 1 fully saturated rings. The van der Waals surface area contributed by atoms with E-state index in [1.54, 1.807) is 0 Å². The molecule has 1 aliphatic carbocycles. The van der Waals surface area contributed by atoms with E-state index < -0.39 is 6.04 Å². The van der Waals surface area contributed by atoms with Gasteiger partial charge in [0.05, 0.1) is 0 Å². The van der Waals surface area contributed by atoms with Gasteiger partial charge in [0.2, 0.25) is 11.8 Å². The van der Waals surface area contributed by atoms with Gasteiger partial charge in [0.25, 0.3) is 0 Å². The summed E-state index contributed by atoms with van der Waals surface area (Å²) in [5, 5.41) is 5.89. The summed E-state index contributed by atoms with van der Waals surface area (Å²) in [7, 11) is 0. The first-order valence-electron chi connectivity index (χ1n) is 7.89. The molecule has 1 aliphatic rings. The predicted molar refractivity (Wildman–Crippen MR) is 85.8 cm³/mol. The molecule has 120 valence electrons. The van der Waals surface area contributed by atoms with E-state index in [1.165, 1.54) is 5.57 Å². The second-order valence-electron chi connectivity index (χ2n) is 7.49. The molecular weight excluding hydrogens is 264 g/mol. The summed E-state index contributed by atoms with van der Waals surface area (Å²) >= 11 is 0. The van der Waals surface area contributed by atoms with Crippen molar-refractivity contribution in [2.75, 3.05) is 0 Å². The van der Waals surface area contributed by atoms with Crippen LogP contribution in [0.25, 0.3) is 0 Å². The Hall–Kier alpha value is -1.32. The summed E-state index contributed by atoms with van der Waals surface area (Å²) in [5.74, 6) is -0.0228. The van der Waals surface area contributed by atoms with Gasteiger partial charge in [-0.15, -0.1) is 0 Å². The molecule has 0 aromatic carbocycles. The zero-order valence-corrected chi connectivity index (χ0v) is 14.1. The average molecular weight is 294 g/mol. The minimum Gasteiger partial charge on any atom is -0.350 e. The third kappa shape index (κ3) is 5.90. The monoisotopic (exact) mass is 294 g/mol. The second-order valence-corrected chi connectivity index (χ2v) is 7.49. The minimum atomic E-state index is -0.471. The Kier molecular flexibility index (Phi) is 5.99. The lowest BCUT2D eigenvalue weighted by Gasteiger charge is -2.29. The van der Waals surface area contributed by atoms with E-state index in [2.05, 4.69) is 17.2 Å². The normalized spacial score (nSPS) is 18.5. The molecule has 0 aromatic rings. The Morgan fingerprint density at radius 1 is 1.19 bits per heavy atom. The Labute approximate surface area is 128 Å². The molecule has 4 heteroatoms. The summed E-state index contributed by atoms with van der Waals surface area (Å²) in [4.78, 5) is 24.7. The van der Waals surface area contributed by atoms with Gasteiger partial charge in [-0.05, 0) is 52.4 Å². The lowest BCUT2D eigenvalue weighted by Crippen LogP contribution is -2.55. The lowest BCUT2D eigenvalue weighted by atomic mass is 9.85. The van der Waals surface area contributed by atoms with Crippen LogP contribution in [0.2, 0.25) is 0 Å². The van der Waals surface area contributed by atoms with E-state index in [1.807, 2.05) is 34.6 Å². The zero-order chi connectivity index (χ0) is 16.2. The molecule has 1 rings (SSSR count). The molecule has 0 bridgehead atoms. The Balaban J connectivity index is 2.63. The average Bonchev–Trinajstić information content (AvgIpc) is 2.33. The lowest BCUT2D eigenvalue weighted by molar-refractivity contribution is -0.133. The Morgan fingerprint density at radius 2 is 1.71 bits per heavy atom. The Morgan fingerprint density at radius 3 is 2.14 bits per heavy atom. The molecule has 0 radical (unpaired) electrons. The number of rotatable bonds is 4. The van der Waals surface area contributed by atoms with Crippen LogP contribution < -0.4 is 10.6 Å². The number of hydrogen-bond donors (Lipinski definition) is 2. The van der Waals surface area contributed by atoms with Crippen LogP contribution in [0.1, 0.15) is 60.3 Å². The van der Waals surface area contributed by atoms with Crippen molar-refractivity contribution in [3.8, 4) is 0 Å². The van der Waals surface area contributed by atoms with Crippen LogP contribution in [0.4, 0.5) is 0 Å². The fraction of sp³-hybridized carbons (Fsp3) is 0.765. The van der Waals surface area contributed by atoms with Gasteiger partial charge in [0.1, 0.15) is 6.04 Å². The van der Waals surface area contributed by atoms with Crippen molar-refractivity contribution in [3.05, 3.63) is 12.2 Å². The zero-order valence-electron chi connectivity index (χ0n) is 14.1. The van der Waals surface area contributed by atoms with Gasteiger partial charge >= 0.3 is 0 Å². The minimum absolute atomic E-state index is 0.00487. The topological polar surface area (TPSA) is 58.2 Å². The SMILES string of the molecule is C=C1CCC(C(=O)N[C@H](C(=O)NC(C)(C)C)C(C)C)CC1. The maximum Gasteiger partial charge on any atom is 0.243 e. The van der Waals surface area contributed by atoms with E-state index in [-0.39, 0.29) is 29.2 Å². The van der Waals surface area contributed by atoms with Gasteiger partial charge in [-0.3, -0.25) is 9.59 Å². The van der Waals surface area contributed by atoms with Crippen molar-refractivity contribution in [2.24, 2.45) is 11.8 Å².